The lowest BCUT2D eigenvalue weighted by Gasteiger charge is -2.11. The molecule has 1 aromatic carbocycles. The van der Waals surface area contributed by atoms with Crippen molar-refractivity contribution in [3.63, 3.8) is 0 Å². The molecule has 0 atom stereocenters. The molecule has 2 aromatic rings. The van der Waals surface area contributed by atoms with E-state index in [0.29, 0.717) is 24.3 Å². The number of hydrogen-bond acceptors (Lipinski definition) is 5. The van der Waals surface area contributed by atoms with Crippen LogP contribution in [0, 0.1) is 6.92 Å². The van der Waals surface area contributed by atoms with Crippen LogP contribution in [0.4, 0.5) is 0 Å². The Balaban J connectivity index is 1.97. The topological polar surface area (TPSA) is 90.3 Å². The Hall–Kier alpha value is -2.19. The number of aromatic nitrogens is 2. The van der Waals surface area contributed by atoms with Crippen LogP contribution < -0.4 is 15.1 Å². The van der Waals surface area contributed by atoms with Gasteiger partial charge in [-0.2, -0.15) is 0 Å². The summed E-state index contributed by atoms with van der Waals surface area (Å²) in [5.41, 5.74) is 0.265. The van der Waals surface area contributed by atoms with Gasteiger partial charge in [0.25, 0.3) is 0 Å². The van der Waals surface area contributed by atoms with Crippen molar-refractivity contribution in [2.24, 2.45) is 0 Å². The van der Waals surface area contributed by atoms with Crippen molar-refractivity contribution in [1.82, 2.24) is 14.3 Å². The normalized spacial score (nSPS) is 11.4. The molecule has 0 saturated carbocycles. The molecule has 1 aromatic heterocycles. The average molecular weight is 337 g/mol. The molecule has 0 aliphatic heterocycles. The van der Waals surface area contributed by atoms with Crippen LogP contribution in [-0.2, 0) is 16.6 Å². The lowest BCUT2D eigenvalue weighted by Crippen LogP contribution is -2.28. The van der Waals surface area contributed by atoms with Crippen molar-refractivity contribution >= 4 is 10.0 Å². The van der Waals surface area contributed by atoms with Crippen LogP contribution in [0.5, 0.6) is 5.75 Å². The van der Waals surface area contributed by atoms with Crippen molar-refractivity contribution in [2.75, 3.05) is 13.7 Å². The van der Waals surface area contributed by atoms with Gasteiger partial charge < -0.3 is 4.74 Å². The number of benzene rings is 1. The van der Waals surface area contributed by atoms with E-state index in [1.807, 2.05) is 0 Å². The molecule has 0 unspecified atom stereocenters. The Morgan fingerprint density at radius 3 is 2.78 bits per heavy atom. The number of hydrogen-bond donors (Lipinski definition) is 1. The maximum atomic E-state index is 12.3. The predicted molar refractivity (Wildman–Crippen MR) is 86.0 cm³/mol. The SMILES string of the molecule is COc1ccc(S(=O)(=O)NCCCn2cccnc2=O)c(C)c1. The van der Waals surface area contributed by atoms with E-state index in [9.17, 15) is 13.2 Å². The zero-order valence-corrected chi connectivity index (χ0v) is 13.8. The van der Waals surface area contributed by atoms with E-state index in [1.54, 1.807) is 31.3 Å². The Labute approximate surface area is 135 Å². The van der Waals surface area contributed by atoms with Gasteiger partial charge in [-0.15, -0.1) is 0 Å². The molecular weight excluding hydrogens is 318 g/mol. The summed E-state index contributed by atoms with van der Waals surface area (Å²) in [4.78, 5) is 15.3. The van der Waals surface area contributed by atoms with E-state index in [0.717, 1.165) is 0 Å². The first-order valence-corrected chi connectivity index (χ1v) is 8.58. The first kappa shape index (κ1) is 17.2. The van der Waals surface area contributed by atoms with E-state index >= 15 is 0 Å². The van der Waals surface area contributed by atoms with E-state index in [1.165, 1.54) is 23.9 Å². The summed E-state index contributed by atoms with van der Waals surface area (Å²) < 4.78 is 33.6. The van der Waals surface area contributed by atoms with Gasteiger partial charge in [-0.1, -0.05) is 0 Å². The van der Waals surface area contributed by atoms with Crippen LogP contribution in [0.2, 0.25) is 0 Å². The fraction of sp³-hybridized carbons (Fsp3) is 0.333. The van der Waals surface area contributed by atoms with E-state index in [4.69, 9.17) is 4.74 Å². The molecule has 0 bridgehead atoms. The van der Waals surface area contributed by atoms with Gasteiger partial charge in [0.1, 0.15) is 5.75 Å². The minimum atomic E-state index is -3.59. The smallest absolute Gasteiger partial charge is 0.347 e. The van der Waals surface area contributed by atoms with Gasteiger partial charge in [0.15, 0.2) is 0 Å². The second kappa shape index (κ2) is 7.38. The standard InChI is InChI=1S/C15H19N3O4S/c1-12-11-13(22-2)5-6-14(12)23(20,21)17-8-4-10-18-9-3-7-16-15(18)19/h3,5-7,9,11,17H,4,8,10H2,1-2H3. The van der Waals surface area contributed by atoms with Gasteiger partial charge in [0, 0.05) is 25.5 Å². The molecular formula is C15H19N3O4S. The predicted octanol–water partition coefficient (Wildman–Crippen LogP) is 0.929. The zero-order valence-electron chi connectivity index (χ0n) is 13.0. The molecule has 8 heteroatoms. The second-order valence-corrected chi connectivity index (χ2v) is 6.71. The van der Waals surface area contributed by atoms with Gasteiger partial charge in [0.05, 0.1) is 12.0 Å². The van der Waals surface area contributed by atoms with Gasteiger partial charge in [-0.25, -0.2) is 22.9 Å². The average Bonchev–Trinajstić information content (AvgIpc) is 2.52. The third kappa shape index (κ3) is 4.40. The van der Waals surface area contributed by atoms with Gasteiger partial charge in [-0.05, 0) is 43.2 Å². The molecule has 23 heavy (non-hydrogen) atoms. The largest absolute Gasteiger partial charge is 0.497 e. The maximum Gasteiger partial charge on any atom is 0.347 e. The van der Waals surface area contributed by atoms with Crippen LogP contribution in [0.3, 0.4) is 0 Å². The fourth-order valence-corrected chi connectivity index (χ4v) is 3.44. The molecule has 1 heterocycles. The van der Waals surface area contributed by atoms with E-state index in [2.05, 4.69) is 9.71 Å². The monoisotopic (exact) mass is 337 g/mol. The molecule has 7 nitrogen and oxygen atoms in total. The highest BCUT2D eigenvalue weighted by Gasteiger charge is 2.16. The summed E-state index contributed by atoms with van der Waals surface area (Å²) in [6.07, 6.45) is 3.53. The summed E-state index contributed by atoms with van der Waals surface area (Å²) in [6, 6.07) is 6.45. The highest BCUT2D eigenvalue weighted by atomic mass is 32.2. The van der Waals surface area contributed by atoms with Crippen LogP contribution in [-0.4, -0.2) is 31.6 Å². The summed E-state index contributed by atoms with van der Waals surface area (Å²) in [5.74, 6) is 0.609. The number of sulfonamides is 1. The number of ether oxygens (including phenoxy) is 1. The number of aryl methyl sites for hydroxylation is 2. The summed E-state index contributed by atoms with van der Waals surface area (Å²) >= 11 is 0. The lowest BCUT2D eigenvalue weighted by molar-refractivity contribution is 0.414. The Bertz CT molecular complexity index is 831. The van der Waals surface area contributed by atoms with Gasteiger partial charge in [0.2, 0.25) is 10.0 Å². The molecule has 0 saturated heterocycles. The molecule has 0 amide bonds. The van der Waals surface area contributed by atoms with Crippen molar-refractivity contribution < 1.29 is 13.2 Å². The molecule has 0 radical (unpaired) electrons. The first-order valence-electron chi connectivity index (χ1n) is 7.10. The second-order valence-electron chi connectivity index (χ2n) is 4.98. The molecule has 124 valence electrons. The van der Waals surface area contributed by atoms with Crippen molar-refractivity contribution in [3.05, 3.63) is 52.7 Å². The van der Waals surface area contributed by atoms with Crippen LogP contribution in [0.25, 0.3) is 0 Å². The Kier molecular flexibility index (Phi) is 5.51. The number of nitrogens with one attached hydrogen (secondary N) is 1. The van der Waals surface area contributed by atoms with Crippen LogP contribution >= 0.6 is 0 Å². The molecule has 2 rings (SSSR count). The third-order valence-electron chi connectivity index (χ3n) is 3.32. The molecule has 0 spiro atoms. The zero-order chi connectivity index (χ0) is 16.9. The molecule has 0 aliphatic rings. The number of rotatable bonds is 7. The van der Waals surface area contributed by atoms with Gasteiger partial charge in [-0.3, -0.25) is 4.57 Å². The summed E-state index contributed by atoms with van der Waals surface area (Å²) in [6.45, 7) is 2.35. The summed E-state index contributed by atoms with van der Waals surface area (Å²) in [7, 11) is -2.06. The Morgan fingerprint density at radius 1 is 1.35 bits per heavy atom. The minimum absolute atomic E-state index is 0.219. The fourth-order valence-electron chi connectivity index (χ4n) is 2.14. The van der Waals surface area contributed by atoms with E-state index < -0.39 is 10.0 Å². The Morgan fingerprint density at radius 2 is 2.13 bits per heavy atom. The quantitative estimate of drug-likeness (QED) is 0.759. The van der Waals surface area contributed by atoms with Crippen molar-refractivity contribution in [1.29, 1.82) is 0 Å². The van der Waals surface area contributed by atoms with Crippen molar-refractivity contribution in [2.45, 2.75) is 24.8 Å². The lowest BCUT2D eigenvalue weighted by atomic mass is 10.2. The number of methoxy groups -OCH3 is 1. The highest BCUT2D eigenvalue weighted by Crippen LogP contribution is 2.20. The highest BCUT2D eigenvalue weighted by molar-refractivity contribution is 7.89. The van der Waals surface area contributed by atoms with E-state index in [-0.39, 0.29) is 17.1 Å². The number of nitrogens with zero attached hydrogens (tertiary/aromatic N) is 2. The summed E-state index contributed by atoms with van der Waals surface area (Å²) in [5, 5.41) is 0. The molecule has 0 fully saturated rings. The van der Waals surface area contributed by atoms with Crippen LogP contribution in [0.1, 0.15) is 12.0 Å². The molecule has 0 aliphatic carbocycles. The maximum absolute atomic E-state index is 12.3. The third-order valence-corrected chi connectivity index (χ3v) is 4.94. The van der Waals surface area contributed by atoms with Crippen LogP contribution in [0.15, 0.2) is 46.3 Å². The first-order chi connectivity index (χ1) is 10.9. The minimum Gasteiger partial charge on any atom is -0.497 e. The van der Waals surface area contributed by atoms with Crippen molar-refractivity contribution in [3.8, 4) is 5.75 Å². The van der Waals surface area contributed by atoms with Gasteiger partial charge >= 0.3 is 5.69 Å². The molecule has 1 N–H and O–H groups in total.